The van der Waals surface area contributed by atoms with Crippen molar-refractivity contribution in [3.8, 4) is 0 Å². The number of unbranched alkanes of at least 4 members (excludes halogenated alkanes) is 1. The average molecular weight is 486 g/mol. The SMILES string of the molecule is COC(=O)[C@H](CCCCN)N(C(=O)OC(C)(C)C)C(=O)[C@H](C)NC(=O)Cc1cc(F)cc(F)c1. The highest BCUT2D eigenvalue weighted by atomic mass is 19.1. The van der Waals surface area contributed by atoms with Gasteiger partial charge in [0.2, 0.25) is 5.91 Å². The van der Waals surface area contributed by atoms with Crippen molar-refractivity contribution in [3.63, 3.8) is 0 Å². The molecule has 3 N–H and O–H groups in total. The molecular weight excluding hydrogens is 452 g/mol. The summed E-state index contributed by atoms with van der Waals surface area (Å²) in [5, 5.41) is 2.39. The number of nitrogens with one attached hydrogen (secondary N) is 1. The highest BCUT2D eigenvalue weighted by Gasteiger charge is 2.40. The van der Waals surface area contributed by atoms with Crippen LogP contribution in [0.2, 0.25) is 0 Å². The first-order chi connectivity index (χ1) is 15.8. The maximum Gasteiger partial charge on any atom is 0.417 e. The van der Waals surface area contributed by atoms with Gasteiger partial charge in [-0.05, 0) is 71.2 Å². The van der Waals surface area contributed by atoms with Crippen LogP contribution in [-0.4, -0.2) is 60.1 Å². The zero-order valence-corrected chi connectivity index (χ0v) is 20.2. The van der Waals surface area contributed by atoms with E-state index in [1.165, 1.54) is 6.92 Å². The van der Waals surface area contributed by atoms with Crippen molar-refractivity contribution in [2.24, 2.45) is 5.73 Å². The number of imide groups is 1. The lowest BCUT2D eigenvalue weighted by Crippen LogP contribution is -2.56. The monoisotopic (exact) mass is 485 g/mol. The molecule has 0 aliphatic carbocycles. The Hall–Kier alpha value is -3.08. The van der Waals surface area contributed by atoms with Gasteiger partial charge < -0.3 is 20.5 Å². The Morgan fingerprint density at radius 3 is 2.18 bits per heavy atom. The van der Waals surface area contributed by atoms with Crippen molar-refractivity contribution < 1.29 is 37.4 Å². The number of halogens is 2. The average Bonchev–Trinajstić information content (AvgIpc) is 2.69. The highest BCUT2D eigenvalue weighted by Crippen LogP contribution is 2.18. The molecule has 0 aliphatic heterocycles. The number of carbonyl (C=O) groups is 4. The van der Waals surface area contributed by atoms with Crippen LogP contribution in [0.5, 0.6) is 0 Å². The molecule has 0 fully saturated rings. The first-order valence-electron chi connectivity index (χ1n) is 10.9. The maximum atomic E-state index is 13.4. The van der Waals surface area contributed by atoms with Crippen LogP contribution in [0.15, 0.2) is 18.2 Å². The third-order valence-corrected chi connectivity index (χ3v) is 4.58. The standard InChI is InChI=1S/C23H33F2N3O6/c1-14(27-19(29)12-15-10-16(24)13-17(25)11-15)20(30)28(22(32)34-23(2,3)4)18(21(31)33-5)8-6-7-9-26/h10-11,13-14,18H,6-9,12,26H2,1-5H3,(H,27,29)/t14-,18-/m0/s1. The lowest BCUT2D eigenvalue weighted by molar-refractivity contribution is -0.153. The van der Waals surface area contributed by atoms with Gasteiger partial charge in [0.1, 0.15) is 29.3 Å². The van der Waals surface area contributed by atoms with Gasteiger partial charge in [0.15, 0.2) is 0 Å². The molecule has 0 saturated heterocycles. The highest BCUT2D eigenvalue weighted by molar-refractivity contribution is 6.00. The Morgan fingerprint density at radius 2 is 1.68 bits per heavy atom. The summed E-state index contributed by atoms with van der Waals surface area (Å²) in [4.78, 5) is 51.6. The number of methoxy groups -OCH3 is 1. The summed E-state index contributed by atoms with van der Waals surface area (Å²) < 4.78 is 36.9. The minimum Gasteiger partial charge on any atom is -0.467 e. The molecule has 9 nitrogen and oxygen atoms in total. The molecule has 0 aromatic heterocycles. The van der Waals surface area contributed by atoms with Gasteiger partial charge >= 0.3 is 12.1 Å². The van der Waals surface area contributed by atoms with Gasteiger partial charge in [-0.15, -0.1) is 0 Å². The van der Waals surface area contributed by atoms with E-state index in [0.29, 0.717) is 30.4 Å². The van der Waals surface area contributed by atoms with Crippen molar-refractivity contribution in [2.45, 2.75) is 71.1 Å². The fourth-order valence-corrected chi connectivity index (χ4v) is 3.11. The van der Waals surface area contributed by atoms with E-state index in [2.05, 4.69) is 5.32 Å². The number of nitrogens with two attached hydrogens (primary N) is 1. The molecule has 0 unspecified atom stereocenters. The Morgan fingerprint density at radius 1 is 1.09 bits per heavy atom. The van der Waals surface area contributed by atoms with Gasteiger partial charge in [-0.3, -0.25) is 9.59 Å². The van der Waals surface area contributed by atoms with E-state index in [0.717, 1.165) is 19.2 Å². The number of hydrogen-bond acceptors (Lipinski definition) is 7. The van der Waals surface area contributed by atoms with Crippen LogP contribution in [0.4, 0.5) is 13.6 Å². The Balaban J connectivity index is 3.12. The third kappa shape index (κ3) is 9.42. The summed E-state index contributed by atoms with van der Waals surface area (Å²) in [5.74, 6) is -4.14. The molecule has 1 rings (SSSR count). The molecular formula is C23H33F2N3O6. The van der Waals surface area contributed by atoms with Crippen LogP contribution >= 0.6 is 0 Å². The fraction of sp³-hybridized carbons (Fsp3) is 0.565. The minimum absolute atomic E-state index is 0.0628. The lowest BCUT2D eigenvalue weighted by Gasteiger charge is -2.32. The Kier molecular flexibility index (Phi) is 11.0. The van der Waals surface area contributed by atoms with Crippen LogP contribution < -0.4 is 11.1 Å². The van der Waals surface area contributed by atoms with E-state index in [4.69, 9.17) is 15.2 Å². The summed E-state index contributed by atoms with van der Waals surface area (Å²) in [7, 11) is 1.12. The van der Waals surface area contributed by atoms with E-state index in [1.54, 1.807) is 20.8 Å². The number of hydrogen-bond donors (Lipinski definition) is 2. The second kappa shape index (κ2) is 13.0. The fourth-order valence-electron chi connectivity index (χ4n) is 3.11. The molecule has 0 radical (unpaired) electrons. The molecule has 1 aromatic rings. The van der Waals surface area contributed by atoms with E-state index in [9.17, 15) is 28.0 Å². The summed E-state index contributed by atoms with van der Waals surface area (Å²) in [6.07, 6.45) is -0.433. The maximum absolute atomic E-state index is 13.4. The number of esters is 1. The largest absolute Gasteiger partial charge is 0.467 e. The van der Waals surface area contributed by atoms with Crippen LogP contribution in [0.3, 0.4) is 0 Å². The number of benzene rings is 1. The van der Waals surface area contributed by atoms with Crippen LogP contribution in [0, 0.1) is 11.6 Å². The molecule has 1 aromatic carbocycles. The van der Waals surface area contributed by atoms with Crippen molar-refractivity contribution in [3.05, 3.63) is 35.4 Å². The molecule has 2 atom stereocenters. The van der Waals surface area contributed by atoms with Gasteiger partial charge in [0.25, 0.3) is 5.91 Å². The second-order valence-electron chi connectivity index (χ2n) is 8.76. The minimum atomic E-state index is -1.30. The van der Waals surface area contributed by atoms with Gasteiger partial charge in [-0.1, -0.05) is 0 Å². The molecule has 190 valence electrons. The summed E-state index contributed by atoms with van der Waals surface area (Å²) in [5.41, 5.74) is 4.60. The van der Waals surface area contributed by atoms with Crippen molar-refractivity contribution >= 4 is 23.9 Å². The Bertz CT molecular complexity index is 868. The predicted octanol–water partition coefficient (Wildman–Crippen LogP) is 2.45. The quantitative estimate of drug-likeness (QED) is 0.385. The normalized spacial score (nSPS) is 12.9. The number of rotatable bonds is 10. The van der Waals surface area contributed by atoms with Gasteiger partial charge in [0, 0.05) is 6.07 Å². The molecule has 0 aliphatic rings. The van der Waals surface area contributed by atoms with Crippen molar-refractivity contribution in [2.75, 3.05) is 13.7 Å². The van der Waals surface area contributed by atoms with E-state index in [-0.39, 0.29) is 12.0 Å². The molecule has 0 bridgehead atoms. The predicted molar refractivity (Wildman–Crippen MR) is 119 cm³/mol. The first kappa shape index (κ1) is 29.0. The molecule has 3 amide bonds. The first-order valence-corrected chi connectivity index (χ1v) is 10.9. The lowest BCUT2D eigenvalue weighted by atomic mass is 10.1. The van der Waals surface area contributed by atoms with E-state index in [1.807, 2.05) is 0 Å². The van der Waals surface area contributed by atoms with Gasteiger partial charge in [-0.2, -0.15) is 0 Å². The topological polar surface area (TPSA) is 128 Å². The molecule has 0 spiro atoms. The summed E-state index contributed by atoms with van der Waals surface area (Å²) in [6, 6.07) is 0.0968. The van der Waals surface area contributed by atoms with E-state index >= 15 is 0 Å². The number of carbonyl (C=O) groups excluding carboxylic acids is 4. The van der Waals surface area contributed by atoms with Crippen LogP contribution in [0.25, 0.3) is 0 Å². The smallest absolute Gasteiger partial charge is 0.417 e. The van der Waals surface area contributed by atoms with Gasteiger partial charge in [0.05, 0.1) is 13.5 Å². The summed E-state index contributed by atoms with van der Waals surface area (Å²) in [6.45, 7) is 6.45. The zero-order valence-electron chi connectivity index (χ0n) is 20.2. The van der Waals surface area contributed by atoms with Crippen LogP contribution in [0.1, 0.15) is 52.5 Å². The number of nitrogens with zero attached hydrogens (tertiary/aromatic N) is 1. The Labute approximate surface area is 197 Å². The third-order valence-electron chi connectivity index (χ3n) is 4.58. The molecule has 0 heterocycles. The summed E-state index contributed by atoms with van der Waals surface area (Å²) >= 11 is 0. The van der Waals surface area contributed by atoms with Crippen molar-refractivity contribution in [1.29, 1.82) is 0 Å². The number of amides is 3. The number of ether oxygens (including phenoxy) is 2. The second-order valence-corrected chi connectivity index (χ2v) is 8.76. The van der Waals surface area contributed by atoms with Crippen molar-refractivity contribution in [1.82, 2.24) is 10.2 Å². The van der Waals surface area contributed by atoms with E-state index < -0.39 is 59.6 Å². The van der Waals surface area contributed by atoms with Crippen LogP contribution in [-0.2, 0) is 30.3 Å². The molecule has 0 saturated carbocycles. The molecule has 11 heteroatoms. The molecule has 34 heavy (non-hydrogen) atoms. The van der Waals surface area contributed by atoms with Gasteiger partial charge in [-0.25, -0.2) is 23.3 Å². The zero-order chi connectivity index (χ0) is 26.1.